The lowest BCUT2D eigenvalue weighted by Gasteiger charge is -2.33. The van der Waals surface area contributed by atoms with E-state index in [0.717, 1.165) is 0 Å². The van der Waals surface area contributed by atoms with Crippen LogP contribution in [0.2, 0.25) is 0 Å². The van der Waals surface area contributed by atoms with Gasteiger partial charge >= 0.3 is 6.09 Å². The molecule has 2 aliphatic rings. The fourth-order valence-electron chi connectivity index (χ4n) is 3.64. The molecule has 0 radical (unpaired) electrons. The van der Waals surface area contributed by atoms with Gasteiger partial charge in [0.15, 0.2) is 14.9 Å². The maximum atomic E-state index is 12.4. The van der Waals surface area contributed by atoms with E-state index < -0.39 is 15.4 Å². The number of anilines is 2. The first-order valence-corrected chi connectivity index (χ1v) is 13.0. The van der Waals surface area contributed by atoms with Crippen LogP contribution < -0.4 is 10.1 Å². The third-order valence-corrected chi connectivity index (χ3v) is 7.76. The summed E-state index contributed by atoms with van der Waals surface area (Å²) >= 11 is 0. The zero-order valence-electron chi connectivity index (χ0n) is 19.9. The van der Waals surface area contributed by atoms with E-state index in [-0.39, 0.29) is 22.5 Å². The predicted molar refractivity (Wildman–Crippen MR) is 126 cm³/mol. The fourth-order valence-corrected chi connectivity index (χ4v) is 5.26. The molecular formula is C23H31N5O5S. The first-order valence-electron chi connectivity index (χ1n) is 11.5. The maximum absolute atomic E-state index is 12.4. The van der Waals surface area contributed by atoms with Gasteiger partial charge in [-0.3, -0.25) is 0 Å². The molecule has 1 N–H and O–H groups in total. The van der Waals surface area contributed by atoms with Crippen molar-refractivity contribution < 1.29 is 22.7 Å². The highest BCUT2D eigenvalue weighted by Gasteiger charge is 2.38. The molecule has 2 fully saturated rings. The number of carbonyl (C=O) groups excluding carboxylic acids is 1. The summed E-state index contributed by atoms with van der Waals surface area (Å²) in [4.78, 5) is 26.7. The number of pyridine rings is 1. The summed E-state index contributed by atoms with van der Waals surface area (Å²) in [5, 5.41) is 2.98. The molecule has 10 nitrogen and oxygen atoms in total. The summed E-state index contributed by atoms with van der Waals surface area (Å²) in [5.41, 5.74) is 0.705. The number of sulfone groups is 1. The standard InChI is InChI=1S/C23H31N5O5S/c1-15-18(7-8-21(26-15)34(30,31)17-5-6-17)27-19-13-20(25-14-24-19)32-16-9-11-28(12-10-16)22(29)33-23(2,3)4/h7-8,13-14,16-17H,5-6,9-12H2,1-4H3,(H,24,25,27). The quantitative estimate of drug-likeness (QED) is 0.647. The second kappa shape index (κ2) is 9.36. The normalized spacial score (nSPS) is 17.4. The highest BCUT2D eigenvalue weighted by Crippen LogP contribution is 2.33. The van der Waals surface area contributed by atoms with E-state index >= 15 is 0 Å². The van der Waals surface area contributed by atoms with Gasteiger partial charge in [0.05, 0.1) is 16.6 Å². The highest BCUT2D eigenvalue weighted by atomic mass is 32.2. The minimum absolute atomic E-state index is 0.0725. The number of carbonyl (C=O) groups is 1. The average Bonchev–Trinajstić information content (AvgIpc) is 3.61. The molecule has 1 saturated carbocycles. The first kappa shape index (κ1) is 24.2. The van der Waals surface area contributed by atoms with Crippen molar-refractivity contribution in [2.45, 2.75) is 75.4 Å². The van der Waals surface area contributed by atoms with Crippen molar-refractivity contribution >= 4 is 27.4 Å². The van der Waals surface area contributed by atoms with Gasteiger partial charge in [-0.05, 0) is 52.7 Å². The molecule has 34 heavy (non-hydrogen) atoms. The number of aromatic nitrogens is 3. The number of piperidine rings is 1. The van der Waals surface area contributed by atoms with E-state index in [1.165, 1.54) is 12.4 Å². The lowest BCUT2D eigenvalue weighted by Crippen LogP contribution is -2.44. The number of rotatable bonds is 6. The Hall–Kier alpha value is -2.95. The van der Waals surface area contributed by atoms with Crippen molar-refractivity contribution in [3.8, 4) is 5.88 Å². The van der Waals surface area contributed by atoms with Gasteiger partial charge in [-0.15, -0.1) is 0 Å². The monoisotopic (exact) mass is 489 g/mol. The molecule has 0 unspecified atom stereocenters. The Morgan fingerprint density at radius 2 is 1.82 bits per heavy atom. The van der Waals surface area contributed by atoms with Gasteiger partial charge in [-0.1, -0.05) is 0 Å². The molecule has 4 rings (SSSR count). The molecule has 2 aromatic heterocycles. The second-order valence-corrected chi connectivity index (χ2v) is 11.9. The molecule has 1 amide bonds. The SMILES string of the molecule is Cc1nc(S(=O)(=O)C2CC2)ccc1Nc1cc(OC2CCN(C(=O)OC(C)(C)C)CC2)ncn1. The van der Waals surface area contributed by atoms with Gasteiger partial charge in [0.2, 0.25) is 5.88 Å². The van der Waals surface area contributed by atoms with Crippen LogP contribution in [0.25, 0.3) is 0 Å². The van der Waals surface area contributed by atoms with Crippen LogP contribution in [0, 0.1) is 6.92 Å². The molecular weight excluding hydrogens is 458 g/mol. The molecule has 0 aromatic carbocycles. The molecule has 184 valence electrons. The first-order chi connectivity index (χ1) is 16.0. The topological polar surface area (TPSA) is 124 Å². The van der Waals surface area contributed by atoms with E-state index in [1.807, 2.05) is 20.8 Å². The van der Waals surface area contributed by atoms with Gasteiger partial charge < -0.3 is 19.7 Å². The highest BCUT2D eigenvalue weighted by molar-refractivity contribution is 7.92. The predicted octanol–water partition coefficient (Wildman–Crippen LogP) is 3.64. The third kappa shape index (κ3) is 5.94. The molecule has 1 aliphatic carbocycles. The molecule has 0 bridgehead atoms. The summed E-state index contributed by atoms with van der Waals surface area (Å²) in [7, 11) is -3.34. The smallest absolute Gasteiger partial charge is 0.410 e. The number of amides is 1. The van der Waals surface area contributed by atoms with Crippen molar-refractivity contribution in [1.29, 1.82) is 0 Å². The van der Waals surface area contributed by atoms with Gasteiger partial charge in [0.1, 0.15) is 23.9 Å². The number of ether oxygens (including phenoxy) is 2. The summed E-state index contributed by atoms with van der Waals surface area (Å²) in [5.74, 6) is 0.936. The van der Waals surface area contributed by atoms with E-state index in [9.17, 15) is 13.2 Å². The van der Waals surface area contributed by atoms with Crippen LogP contribution in [0.3, 0.4) is 0 Å². The molecule has 2 aromatic rings. The molecule has 0 atom stereocenters. The van der Waals surface area contributed by atoms with Crippen molar-refractivity contribution in [2.75, 3.05) is 18.4 Å². The fraction of sp³-hybridized carbons (Fsp3) is 0.565. The van der Waals surface area contributed by atoms with Gasteiger partial charge in [-0.25, -0.2) is 28.2 Å². The van der Waals surface area contributed by atoms with Gasteiger partial charge in [0, 0.05) is 32.0 Å². The molecule has 0 spiro atoms. The van der Waals surface area contributed by atoms with E-state index in [4.69, 9.17) is 9.47 Å². The van der Waals surface area contributed by atoms with Gasteiger partial charge in [0.25, 0.3) is 0 Å². The van der Waals surface area contributed by atoms with E-state index in [0.29, 0.717) is 61.9 Å². The Bertz CT molecular complexity index is 1150. The van der Waals surface area contributed by atoms with Crippen LogP contribution in [-0.2, 0) is 14.6 Å². The third-order valence-electron chi connectivity index (χ3n) is 5.60. The zero-order valence-corrected chi connectivity index (χ0v) is 20.8. The number of hydrogen-bond acceptors (Lipinski definition) is 9. The molecule has 3 heterocycles. The summed E-state index contributed by atoms with van der Waals surface area (Å²) in [6, 6.07) is 4.92. The Labute approximate surface area is 200 Å². The van der Waals surface area contributed by atoms with E-state index in [2.05, 4.69) is 20.3 Å². The van der Waals surface area contributed by atoms with Crippen molar-refractivity contribution in [2.24, 2.45) is 0 Å². The Balaban J connectivity index is 1.35. The molecule has 1 aliphatic heterocycles. The van der Waals surface area contributed by atoms with Crippen LogP contribution in [-0.4, -0.2) is 64.4 Å². The van der Waals surface area contributed by atoms with Gasteiger partial charge in [-0.2, -0.15) is 0 Å². The second-order valence-electron chi connectivity index (χ2n) is 9.68. The number of aryl methyl sites for hydroxylation is 1. The summed E-state index contributed by atoms with van der Waals surface area (Å²) in [6.45, 7) is 8.41. The van der Waals surface area contributed by atoms with Crippen LogP contribution in [0.4, 0.5) is 16.3 Å². The minimum atomic E-state index is -3.34. The Morgan fingerprint density at radius 1 is 1.12 bits per heavy atom. The van der Waals surface area contributed by atoms with Crippen molar-refractivity contribution in [3.05, 3.63) is 30.2 Å². The largest absolute Gasteiger partial charge is 0.474 e. The number of likely N-dealkylation sites (tertiary alicyclic amines) is 1. The maximum Gasteiger partial charge on any atom is 0.410 e. The van der Waals surface area contributed by atoms with E-state index in [1.54, 1.807) is 24.0 Å². The Kier molecular flexibility index (Phi) is 6.66. The Morgan fingerprint density at radius 3 is 2.44 bits per heavy atom. The molecule has 11 heteroatoms. The van der Waals surface area contributed by atoms with Crippen molar-refractivity contribution in [1.82, 2.24) is 19.9 Å². The van der Waals surface area contributed by atoms with Crippen LogP contribution >= 0.6 is 0 Å². The van der Waals surface area contributed by atoms with Crippen molar-refractivity contribution in [3.63, 3.8) is 0 Å². The lowest BCUT2D eigenvalue weighted by atomic mass is 10.1. The minimum Gasteiger partial charge on any atom is -0.474 e. The summed E-state index contributed by atoms with van der Waals surface area (Å²) < 4.78 is 36.3. The summed E-state index contributed by atoms with van der Waals surface area (Å²) in [6.07, 6.45) is 3.77. The average molecular weight is 490 g/mol. The van der Waals surface area contributed by atoms with Crippen LogP contribution in [0.15, 0.2) is 29.6 Å². The van der Waals surface area contributed by atoms with Crippen LogP contribution in [0.5, 0.6) is 5.88 Å². The zero-order chi connectivity index (χ0) is 24.5. The number of nitrogens with one attached hydrogen (secondary N) is 1. The lowest BCUT2D eigenvalue weighted by molar-refractivity contribution is 0.0123. The number of nitrogens with zero attached hydrogens (tertiary/aromatic N) is 4. The van der Waals surface area contributed by atoms with Crippen LogP contribution in [0.1, 0.15) is 52.1 Å². The molecule has 1 saturated heterocycles. The number of hydrogen-bond donors (Lipinski definition) is 1.